The van der Waals surface area contributed by atoms with Crippen LogP contribution in [0.1, 0.15) is 33.1 Å². The number of carbonyl (C=O) groups excluding carboxylic acids is 1. The average Bonchev–Trinajstić information content (AvgIpc) is 2.03. The molecule has 1 N–H and O–H groups in total. The molecule has 13 heavy (non-hydrogen) atoms. The van der Waals surface area contributed by atoms with Crippen molar-refractivity contribution in [2.24, 2.45) is 0 Å². The molecule has 0 amide bonds. The van der Waals surface area contributed by atoms with Gasteiger partial charge in [-0.2, -0.15) is 0 Å². The van der Waals surface area contributed by atoms with Crippen molar-refractivity contribution in [3.05, 3.63) is 11.6 Å². The fraction of sp³-hybridized carbons (Fsp3) is 0.700. The molecule has 0 heterocycles. The van der Waals surface area contributed by atoms with E-state index in [0.717, 1.165) is 19.3 Å². The minimum Gasteiger partial charge on any atom is -0.460 e. The summed E-state index contributed by atoms with van der Waals surface area (Å²) in [4.78, 5) is 11.4. The minimum atomic E-state index is -0.469. The molecule has 0 aromatic heterocycles. The number of hydrogen-bond acceptors (Lipinski definition) is 3. The van der Waals surface area contributed by atoms with Crippen LogP contribution in [0.2, 0.25) is 0 Å². The molecule has 0 aliphatic heterocycles. The fourth-order valence-corrected chi connectivity index (χ4v) is 1.36. The van der Waals surface area contributed by atoms with E-state index in [4.69, 9.17) is 4.74 Å². The molecular weight excluding hydrogens is 168 g/mol. The van der Waals surface area contributed by atoms with Crippen LogP contribution >= 0.6 is 0 Å². The number of hydrogen-bond donors (Lipinski definition) is 1. The zero-order valence-corrected chi connectivity index (χ0v) is 8.12. The highest BCUT2D eigenvalue weighted by Crippen LogP contribution is 2.19. The van der Waals surface area contributed by atoms with Crippen LogP contribution in [0, 0.1) is 0 Å². The lowest BCUT2D eigenvalue weighted by Gasteiger charge is -2.17. The van der Waals surface area contributed by atoms with E-state index in [1.807, 2.05) is 13.8 Å². The predicted molar refractivity (Wildman–Crippen MR) is 49.2 cm³/mol. The summed E-state index contributed by atoms with van der Waals surface area (Å²) in [7, 11) is 0. The van der Waals surface area contributed by atoms with Gasteiger partial charge in [0, 0.05) is 5.57 Å². The molecule has 1 aliphatic rings. The highest BCUT2D eigenvalue weighted by atomic mass is 16.5. The molecule has 0 saturated heterocycles. The monoisotopic (exact) mass is 184 g/mol. The van der Waals surface area contributed by atoms with Gasteiger partial charge in [-0.15, -0.1) is 0 Å². The van der Waals surface area contributed by atoms with Crippen LogP contribution in [-0.2, 0) is 9.53 Å². The highest BCUT2D eigenvalue weighted by Gasteiger charge is 2.18. The molecule has 3 nitrogen and oxygen atoms in total. The Kier molecular flexibility index (Phi) is 3.48. The van der Waals surface area contributed by atoms with Crippen LogP contribution in [0.3, 0.4) is 0 Å². The van der Waals surface area contributed by atoms with Crippen molar-refractivity contribution < 1.29 is 14.6 Å². The topological polar surface area (TPSA) is 46.5 Å². The number of esters is 1. The largest absolute Gasteiger partial charge is 0.460 e. The molecule has 3 heteroatoms. The van der Waals surface area contributed by atoms with Crippen molar-refractivity contribution in [3.8, 4) is 0 Å². The van der Waals surface area contributed by atoms with Crippen molar-refractivity contribution in [1.29, 1.82) is 0 Å². The SMILES string of the molecule is CC(C)OC(=O)C1=C[C@H](O)CCC1. The van der Waals surface area contributed by atoms with E-state index in [1.165, 1.54) is 0 Å². The Morgan fingerprint density at radius 3 is 2.92 bits per heavy atom. The van der Waals surface area contributed by atoms with Gasteiger partial charge < -0.3 is 9.84 Å². The number of ether oxygens (including phenoxy) is 1. The first-order chi connectivity index (χ1) is 6.09. The number of aliphatic hydroxyl groups excluding tert-OH is 1. The van der Waals surface area contributed by atoms with Crippen LogP contribution in [-0.4, -0.2) is 23.3 Å². The zero-order valence-electron chi connectivity index (χ0n) is 8.12. The maximum Gasteiger partial charge on any atom is 0.334 e. The predicted octanol–water partition coefficient (Wildman–Crippen LogP) is 1.41. The Morgan fingerprint density at radius 1 is 1.69 bits per heavy atom. The van der Waals surface area contributed by atoms with Gasteiger partial charge in [0.05, 0.1) is 12.2 Å². The molecule has 0 unspecified atom stereocenters. The van der Waals surface area contributed by atoms with Gasteiger partial charge >= 0.3 is 5.97 Å². The molecule has 0 aromatic carbocycles. The molecule has 1 rings (SSSR count). The highest BCUT2D eigenvalue weighted by molar-refractivity contribution is 5.88. The molecule has 0 fully saturated rings. The Labute approximate surface area is 78.4 Å². The van der Waals surface area contributed by atoms with Crippen molar-refractivity contribution >= 4 is 5.97 Å². The third-order valence-corrected chi connectivity index (χ3v) is 1.94. The van der Waals surface area contributed by atoms with Gasteiger partial charge in [0.1, 0.15) is 0 Å². The van der Waals surface area contributed by atoms with Gasteiger partial charge in [-0.05, 0) is 39.2 Å². The summed E-state index contributed by atoms with van der Waals surface area (Å²) in [6.45, 7) is 3.63. The minimum absolute atomic E-state index is 0.0903. The van der Waals surface area contributed by atoms with Crippen LogP contribution in [0.25, 0.3) is 0 Å². The van der Waals surface area contributed by atoms with Gasteiger partial charge in [0.2, 0.25) is 0 Å². The van der Waals surface area contributed by atoms with Crippen molar-refractivity contribution in [1.82, 2.24) is 0 Å². The first kappa shape index (κ1) is 10.3. The first-order valence-electron chi connectivity index (χ1n) is 4.69. The van der Waals surface area contributed by atoms with E-state index < -0.39 is 6.10 Å². The molecule has 0 spiro atoms. The summed E-state index contributed by atoms with van der Waals surface area (Å²) < 4.78 is 5.02. The second-order valence-corrected chi connectivity index (χ2v) is 3.61. The third-order valence-electron chi connectivity index (χ3n) is 1.94. The summed E-state index contributed by atoms with van der Waals surface area (Å²) in [5.74, 6) is -0.284. The lowest BCUT2D eigenvalue weighted by atomic mass is 9.98. The standard InChI is InChI=1S/C10H16O3/c1-7(2)13-10(12)8-4-3-5-9(11)6-8/h6-7,9,11H,3-5H2,1-2H3/t9-/m1/s1. The normalized spacial score (nSPS) is 22.8. The second-order valence-electron chi connectivity index (χ2n) is 3.61. The summed E-state index contributed by atoms with van der Waals surface area (Å²) in [5.41, 5.74) is 0.618. The Hall–Kier alpha value is -0.830. The van der Waals surface area contributed by atoms with Crippen LogP contribution in [0.5, 0.6) is 0 Å². The van der Waals surface area contributed by atoms with E-state index in [1.54, 1.807) is 6.08 Å². The molecule has 1 aliphatic carbocycles. The van der Waals surface area contributed by atoms with E-state index in [9.17, 15) is 9.90 Å². The van der Waals surface area contributed by atoms with Gasteiger partial charge in [-0.3, -0.25) is 0 Å². The van der Waals surface area contributed by atoms with Crippen molar-refractivity contribution in [2.45, 2.75) is 45.3 Å². The van der Waals surface area contributed by atoms with Gasteiger partial charge in [0.15, 0.2) is 0 Å². The molecule has 0 radical (unpaired) electrons. The van der Waals surface area contributed by atoms with Crippen molar-refractivity contribution in [2.75, 3.05) is 0 Å². The van der Waals surface area contributed by atoms with E-state index >= 15 is 0 Å². The average molecular weight is 184 g/mol. The lowest BCUT2D eigenvalue weighted by molar-refractivity contribution is -0.143. The van der Waals surface area contributed by atoms with E-state index in [-0.39, 0.29) is 12.1 Å². The zero-order chi connectivity index (χ0) is 9.84. The van der Waals surface area contributed by atoms with Crippen LogP contribution in [0.4, 0.5) is 0 Å². The smallest absolute Gasteiger partial charge is 0.334 e. The number of rotatable bonds is 2. The van der Waals surface area contributed by atoms with Gasteiger partial charge in [0.25, 0.3) is 0 Å². The maximum atomic E-state index is 11.4. The van der Waals surface area contributed by atoms with Crippen molar-refractivity contribution in [3.63, 3.8) is 0 Å². The second kappa shape index (κ2) is 4.42. The Balaban J connectivity index is 2.55. The van der Waals surface area contributed by atoms with Crippen LogP contribution in [0.15, 0.2) is 11.6 Å². The van der Waals surface area contributed by atoms with Crippen LogP contribution < -0.4 is 0 Å². The quantitative estimate of drug-likeness (QED) is 0.660. The number of carbonyl (C=O) groups is 1. The van der Waals surface area contributed by atoms with Gasteiger partial charge in [-0.25, -0.2) is 4.79 Å². The van der Waals surface area contributed by atoms with Gasteiger partial charge in [-0.1, -0.05) is 0 Å². The third kappa shape index (κ3) is 3.19. The van der Waals surface area contributed by atoms with E-state index in [0.29, 0.717) is 5.57 Å². The molecule has 0 aromatic rings. The maximum absolute atomic E-state index is 11.4. The molecule has 1 atom stereocenters. The summed E-state index contributed by atoms with van der Waals surface area (Å²) in [6.07, 6.45) is 3.38. The molecule has 74 valence electrons. The summed E-state index contributed by atoms with van der Waals surface area (Å²) in [5, 5.41) is 9.28. The molecule has 0 bridgehead atoms. The fourth-order valence-electron chi connectivity index (χ4n) is 1.36. The lowest BCUT2D eigenvalue weighted by Crippen LogP contribution is -2.18. The Bertz CT molecular complexity index is 218. The Morgan fingerprint density at radius 2 is 2.38 bits per heavy atom. The molecule has 0 saturated carbocycles. The number of aliphatic hydroxyl groups is 1. The summed E-state index contributed by atoms with van der Waals surface area (Å²) in [6, 6.07) is 0. The van der Waals surface area contributed by atoms with E-state index in [2.05, 4.69) is 0 Å². The first-order valence-corrected chi connectivity index (χ1v) is 4.69. The molecular formula is C10H16O3. The summed E-state index contributed by atoms with van der Waals surface area (Å²) >= 11 is 0.